The van der Waals surface area contributed by atoms with E-state index in [2.05, 4.69) is 20.6 Å². The van der Waals surface area contributed by atoms with Crippen molar-refractivity contribution < 1.29 is 9.13 Å². The number of ether oxygens (including phenoxy) is 1. The second kappa shape index (κ2) is 10.7. The van der Waals surface area contributed by atoms with Gasteiger partial charge in [-0.15, -0.1) is 11.3 Å². The fourth-order valence-corrected chi connectivity index (χ4v) is 2.83. The fourth-order valence-electron chi connectivity index (χ4n) is 2.12. The number of aryl methyl sites for hydroxylation is 1. The van der Waals surface area contributed by atoms with Gasteiger partial charge in [0.1, 0.15) is 16.6 Å². The molecule has 0 bridgehead atoms. The van der Waals surface area contributed by atoms with Crippen molar-refractivity contribution in [3.05, 3.63) is 46.2 Å². The summed E-state index contributed by atoms with van der Waals surface area (Å²) in [4.78, 5) is 10.1. The first kappa shape index (κ1) is 19.2. The van der Waals surface area contributed by atoms with Crippen LogP contribution in [0, 0.1) is 12.7 Å². The Hall–Kier alpha value is -2.15. The van der Waals surface area contributed by atoms with E-state index in [0.29, 0.717) is 18.9 Å². The van der Waals surface area contributed by atoms with Crippen molar-refractivity contribution in [1.82, 2.24) is 15.6 Å². The molecule has 0 saturated carbocycles. The van der Waals surface area contributed by atoms with Gasteiger partial charge >= 0.3 is 0 Å². The number of halogens is 1. The van der Waals surface area contributed by atoms with Crippen molar-refractivity contribution >= 4 is 17.3 Å². The summed E-state index contributed by atoms with van der Waals surface area (Å²) in [6, 6.07) is 6.09. The van der Waals surface area contributed by atoms with Crippen molar-refractivity contribution in [1.29, 1.82) is 0 Å². The van der Waals surface area contributed by atoms with Gasteiger partial charge in [-0.1, -0.05) is 0 Å². The summed E-state index contributed by atoms with van der Waals surface area (Å²) < 4.78 is 18.4. The maximum Gasteiger partial charge on any atom is 0.191 e. The first-order chi connectivity index (χ1) is 12.2. The van der Waals surface area contributed by atoms with Gasteiger partial charge in [-0.25, -0.2) is 14.4 Å². The highest BCUT2D eigenvalue weighted by Crippen LogP contribution is 2.12. The molecule has 5 nitrogen and oxygen atoms in total. The molecule has 0 aliphatic rings. The van der Waals surface area contributed by atoms with Crippen LogP contribution in [0.1, 0.15) is 29.7 Å². The van der Waals surface area contributed by atoms with Crippen LogP contribution in [0.5, 0.6) is 5.75 Å². The number of guanidine groups is 1. The Labute approximate surface area is 152 Å². The second-order valence-electron chi connectivity index (χ2n) is 5.50. The Kier molecular flexibility index (Phi) is 8.18. The summed E-state index contributed by atoms with van der Waals surface area (Å²) in [6.07, 6.45) is 3.74. The van der Waals surface area contributed by atoms with Gasteiger partial charge < -0.3 is 15.4 Å². The molecule has 0 amide bonds. The van der Waals surface area contributed by atoms with Crippen LogP contribution in [0.2, 0.25) is 0 Å². The lowest BCUT2D eigenvalue weighted by Crippen LogP contribution is -2.37. The van der Waals surface area contributed by atoms with Gasteiger partial charge in [0.2, 0.25) is 0 Å². The van der Waals surface area contributed by atoms with Crippen LogP contribution in [0.15, 0.2) is 35.5 Å². The third-order valence-electron chi connectivity index (χ3n) is 3.33. The standard InChI is InChI=1S/C18H25FN4OS/c1-3-20-18(23-13-17-22-12-14(2)25-17)21-10-4-5-11-24-16-8-6-15(19)7-9-16/h6-9,12H,3-5,10-11,13H2,1-2H3,(H2,20,21,23). The molecule has 0 atom stereocenters. The number of unbranched alkanes of at least 4 members (excludes halogenated alkanes) is 1. The summed E-state index contributed by atoms with van der Waals surface area (Å²) in [5, 5.41) is 7.56. The molecule has 0 radical (unpaired) electrons. The van der Waals surface area contributed by atoms with E-state index in [1.807, 2.05) is 20.0 Å². The van der Waals surface area contributed by atoms with Crippen LogP contribution < -0.4 is 15.4 Å². The zero-order valence-corrected chi connectivity index (χ0v) is 15.5. The largest absolute Gasteiger partial charge is 0.494 e. The van der Waals surface area contributed by atoms with Crippen LogP contribution in [0.3, 0.4) is 0 Å². The number of nitrogens with zero attached hydrogens (tertiary/aromatic N) is 2. The van der Waals surface area contributed by atoms with E-state index in [4.69, 9.17) is 4.74 Å². The number of benzene rings is 1. The Morgan fingerprint density at radius 2 is 2.04 bits per heavy atom. The minimum atomic E-state index is -0.250. The van der Waals surface area contributed by atoms with Crippen molar-refractivity contribution in [3.63, 3.8) is 0 Å². The van der Waals surface area contributed by atoms with Crippen molar-refractivity contribution in [2.75, 3.05) is 19.7 Å². The van der Waals surface area contributed by atoms with E-state index in [0.717, 1.165) is 36.9 Å². The van der Waals surface area contributed by atoms with E-state index < -0.39 is 0 Å². The SMILES string of the molecule is CCNC(=NCc1ncc(C)s1)NCCCCOc1ccc(F)cc1. The zero-order valence-electron chi connectivity index (χ0n) is 14.7. The zero-order chi connectivity index (χ0) is 17.9. The maximum absolute atomic E-state index is 12.8. The minimum absolute atomic E-state index is 0.250. The topological polar surface area (TPSA) is 58.5 Å². The Morgan fingerprint density at radius 3 is 2.72 bits per heavy atom. The average Bonchev–Trinajstić information content (AvgIpc) is 3.02. The van der Waals surface area contributed by atoms with Gasteiger partial charge in [-0.2, -0.15) is 0 Å². The molecular formula is C18H25FN4OS. The number of nitrogens with one attached hydrogen (secondary N) is 2. The number of hydrogen-bond donors (Lipinski definition) is 2. The van der Waals surface area contributed by atoms with E-state index in [1.165, 1.54) is 17.0 Å². The molecular weight excluding hydrogens is 339 g/mol. The first-order valence-corrected chi connectivity index (χ1v) is 9.31. The van der Waals surface area contributed by atoms with E-state index in [-0.39, 0.29) is 5.82 Å². The number of thiazole rings is 1. The van der Waals surface area contributed by atoms with Crippen LogP contribution in [0.4, 0.5) is 4.39 Å². The maximum atomic E-state index is 12.8. The van der Waals surface area contributed by atoms with Crippen LogP contribution >= 0.6 is 11.3 Å². The number of aliphatic imine (C=N–C) groups is 1. The highest BCUT2D eigenvalue weighted by molar-refractivity contribution is 7.11. The Balaban J connectivity index is 1.64. The molecule has 0 saturated heterocycles. The third-order valence-corrected chi connectivity index (χ3v) is 4.23. The summed E-state index contributed by atoms with van der Waals surface area (Å²) in [5.74, 6) is 1.25. The number of rotatable bonds is 9. The predicted octanol–water partition coefficient (Wildman–Crippen LogP) is 3.50. The number of hydrogen-bond acceptors (Lipinski definition) is 4. The smallest absolute Gasteiger partial charge is 0.191 e. The summed E-state index contributed by atoms with van der Waals surface area (Å²) in [7, 11) is 0. The molecule has 2 rings (SSSR count). The molecule has 2 aromatic rings. The highest BCUT2D eigenvalue weighted by Gasteiger charge is 2.00. The van der Waals surface area contributed by atoms with Crippen molar-refractivity contribution in [2.24, 2.45) is 4.99 Å². The predicted molar refractivity (Wildman–Crippen MR) is 101 cm³/mol. The quantitative estimate of drug-likeness (QED) is 0.406. The molecule has 1 aromatic heterocycles. The third kappa shape index (κ3) is 7.51. The number of aromatic nitrogens is 1. The normalized spacial score (nSPS) is 11.4. The van der Waals surface area contributed by atoms with Gasteiger partial charge in [-0.3, -0.25) is 0 Å². The van der Waals surface area contributed by atoms with Crippen LogP contribution in [-0.2, 0) is 6.54 Å². The molecule has 0 aliphatic heterocycles. The highest BCUT2D eigenvalue weighted by atomic mass is 32.1. The van der Waals surface area contributed by atoms with Crippen molar-refractivity contribution in [3.8, 4) is 5.75 Å². The first-order valence-electron chi connectivity index (χ1n) is 8.49. The molecule has 136 valence electrons. The van der Waals surface area contributed by atoms with E-state index >= 15 is 0 Å². The molecule has 1 aromatic carbocycles. The summed E-state index contributed by atoms with van der Waals surface area (Å²) >= 11 is 1.67. The van der Waals surface area contributed by atoms with Gasteiger partial charge in [0, 0.05) is 24.2 Å². The van der Waals surface area contributed by atoms with Crippen LogP contribution in [0.25, 0.3) is 0 Å². The Morgan fingerprint density at radius 1 is 1.24 bits per heavy atom. The van der Waals surface area contributed by atoms with Gasteiger partial charge in [-0.05, 0) is 51.0 Å². The van der Waals surface area contributed by atoms with Crippen molar-refractivity contribution in [2.45, 2.75) is 33.2 Å². The van der Waals surface area contributed by atoms with Gasteiger partial charge in [0.05, 0.1) is 13.2 Å². The molecule has 2 N–H and O–H groups in total. The molecule has 0 unspecified atom stereocenters. The summed E-state index contributed by atoms with van der Waals surface area (Å²) in [6.45, 7) is 6.91. The lowest BCUT2D eigenvalue weighted by molar-refractivity contribution is 0.306. The second-order valence-corrected chi connectivity index (χ2v) is 6.82. The molecule has 0 aliphatic carbocycles. The minimum Gasteiger partial charge on any atom is -0.494 e. The molecule has 7 heteroatoms. The lowest BCUT2D eigenvalue weighted by Gasteiger charge is -2.11. The van der Waals surface area contributed by atoms with E-state index in [9.17, 15) is 4.39 Å². The van der Waals surface area contributed by atoms with Gasteiger partial charge in [0.15, 0.2) is 5.96 Å². The summed E-state index contributed by atoms with van der Waals surface area (Å²) in [5.41, 5.74) is 0. The molecule has 1 heterocycles. The van der Waals surface area contributed by atoms with Gasteiger partial charge in [0.25, 0.3) is 0 Å². The molecule has 0 spiro atoms. The monoisotopic (exact) mass is 364 g/mol. The lowest BCUT2D eigenvalue weighted by atomic mass is 10.3. The molecule has 0 fully saturated rings. The van der Waals surface area contributed by atoms with E-state index in [1.54, 1.807) is 23.5 Å². The average molecular weight is 364 g/mol. The van der Waals surface area contributed by atoms with Crippen LogP contribution in [-0.4, -0.2) is 30.6 Å². The molecule has 25 heavy (non-hydrogen) atoms. The Bertz CT molecular complexity index is 657. The fraction of sp³-hybridized carbons (Fsp3) is 0.444.